The molecule has 0 aromatic heterocycles. The lowest BCUT2D eigenvalue weighted by atomic mass is 9.92. The highest BCUT2D eigenvalue weighted by Crippen LogP contribution is 2.44. The maximum atomic E-state index is 11.8. The molecule has 1 saturated heterocycles. The minimum atomic E-state index is -0.586. The maximum Gasteiger partial charge on any atom is 0.321 e. The molecule has 116 valence electrons. The van der Waals surface area contributed by atoms with Crippen molar-refractivity contribution in [1.82, 2.24) is 4.90 Å². The molecule has 0 aromatic carbocycles. The van der Waals surface area contributed by atoms with E-state index in [1.54, 1.807) is 0 Å². The van der Waals surface area contributed by atoms with E-state index in [0.717, 1.165) is 25.8 Å². The number of carboxylic acid groups (broad SMARTS) is 1. The Hall–Kier alpha value is -0.570. The Labute approximate surface area is 123 Å². The molecule has 1 aliphatic carbocycles. The normalized spacial score (nSPS) is 30.6. The van der Waals surface area contributed by atoms with Gasteiger partial charge in [0.25, 0.3) is 0 Å². The molecule has 2 aliphatic rings. The maximum absolute atomic E-state index is 11.8. The smallest absolute Gasteiger partial charge is 0.321 e. The van der Waals surface area contributed by atoms with E-state index >= 15 is 0 Å². The highest BCUT2D eigenvalue weighted by atomic mass is 16.4. The van der Waals surface area contributed by atoms with E-state index in [1.165, 1.54) is 12.8 Å². The molecule has 0 bridgehead atoms. The van der Waals surface area contributed by atoms with E-state index in [4.69, 9.17) is 0 Å². The first kappa shape index (κ1) is 15.8. The summed E-state index contributed by atoms with van der Waals surface area (Å²) in [5.41, 5.74) is 0. The number of hydrogen-bond acceptors (Lipinski definition) is 2. The third-order valence-corrected chi connectivity index (χ3v) is 5.14. The predicted octanol–water partition coefficient (Wildman–Crippen LogP) is 3.63. The van der Waals surface area contributed by atoms with Gasteiger partial charge in [0, 0.05) is 12.6 Å². The minimum absolute atomic E-state index is 0.218. The molecule has 3 atom stereocenters. The van der Waals surface area contributed by atoms with Gasteiger partial charge < -0.3 is 5.11 Å². The van der Waals surface area contributed by atoms with Gasteiger partial charge in [-0.3, -0.25) is 9.69 Å². The van der Waals surface area contributed by atoms with Crippen molar-refractivity contribution in [3.63, 3.8) is 0 Å². The summed E-state index contributed by atoms with van der Waals surface area (Å²) in [5, 5.41) is 9.71. The fraction of sp³-hybridized carbons (Fsp3) is 0.941. The molecule has 1 heterocycles. The van der Waals surface area contributed by atoms with Crippen molar-refractivity contribution in [2.24, 2.45) is 23.7 Å². The third-order valence-electron chi connectivity index (χ3n) is 5.14. The van der Waals surface area contributed by atoms with Crippen molar-refractivity contribution < 1.29 is 9.90 Å². The van der Waals surface area contributed by atoms with Crippen LogP contribution in [0, 0.1) is 23.7 Å². The fourth-order valence-corrected chi connectivity index (χ4v) is 4.49. The molecule has 2 rings (SSSR count). The van der Waals surface area contributed by atoms with Crippen LogP contribution in [-0.2, 0) is 4.79 Å². The zero-order valence-electron chi connectivity index (χ0n) is 13.5. The van der Waals surface area contributed by atoms with Crippen molar-refractivity contribution in [1.29, 1.82) is 0 Å². The van der Waals surface area contributed by atoms with Crippen LogP contribution < -0.4 is 0 Å². The number of rotatable bonds is 6. The summed E-state index contributed by atoms with van der Waals surface area (Å²) < 4.78 is 0. The average Bonchev–Trinajstić information content (AvgIpc) is 2.84. The van der Waals surface area contributed by atoms with Crippen LogP contribution in [0.3, 0.4) is 0 Å². The summed E-state index contributed by atoms with van der Waals surface area (Å²) in [4.78, 5) is 14.1. The molecule has 2 fully saturated rings. The van der Waals surface area contributed by atoms with Gasteiger partial charge in [0.05, 0.1) is 0 Å². The molecule has 3 unspecified atom stereocenters. The first-order valence-electron chi connectivity index (χ1n) is 8.38. The van der Waals surface area contributed by atoms with Gasteiger partial charge in [-0.15, -0.1) is 0 Å². The fourth-order valence-electron chi connectivity index (χ4n) is 4.49. The monoisotopic (exact) mass is 281 g/mol. The van der Waals surface area contributed by atoms with Gasteiger partial charge >= 0.3 is 5.97 Å². The number of hydrogen-bond donors (Lipinski definition) is 1. The molecule has 1 N–H and O–H groups in total. The highest BCUT2D eigenvalue weighted by Gasteiger charge is 2.49. The Bertz CT molecular complexity index is 330. The first-order valence-corrected chi connectivity index (χ1v) is 8.38. The SMILES string of the molecule is CC(C)CC(CC(C)C)N1CC2CCCC2C1C(=O)O. The van der Waals surface area contributed by atoms with Crippen LogP contribution in [-0.4, -0.2) is 34.6 Å². The minimum Gasteiger partial charge on any atom is -0.480 e. The molecular formula is C17H31NO2. The van der Waals surface area contributed by atoms with Crippen molar-refractivity contribution >= 4 is 5.97 Å². The largest absolute Gasteiger partial charge is 0.480 e. The Morgan fingerprint density at radius 2 is 1.75 bits per heavy atom. The van der Waals surface area contributed by atoms with Gasteiger partial charge in [-0.1, -0.05) is 34.1 Å². The lowest BCUT2D eigenvalue weighted by Gasteiger charge is -2.35. The van der Waals surface area contributed by atoms with Gasteiger partial charge in [-0.05, 0) is 49.4 Å². The highest BCUT2D eigenvalue weighted by molar-refractivity contribution is 5.74. The number of fused-ring (bicyclic) bond motifs is 1. The number of aliphatic carboxylic acids is 1. The van der Waals surface area contributed by atoms with Crippen molar-refractivity contribution in [2.45, 2.75) is 71.9 Å². The van der Waals surface area contributed by atoms with Gasteiger partial charge in [0.15, 0.2) is 0 Å². The Balaban J connectivity index is 2.15. The van der Waals surface area contributed by atoms with Crippen LogP contribution >= 0.6 is 0 Å². The van der Waals surface area contributed by atoms with Crippen molar-refractivity contribution in [3.05, 3.63) is 0 Å². The van der Waals surface area contributed by atoms with Crippen molar-refractivity contribution in [3.8, 4) is 0 Å². The van der Waals surface area contributed by atoms with Crippen LogP contribution in [0.5, 0.6) is 0 Å². The predicted molar refractivity (Wildman–Crippen MR) is 81.7 cm³/mol. The first-order chi connectivity index (χ1) is 9.40. The van der Waals surface area contributed by atoms with Gasteiger partial charge in [0.1, 0.15) is 6.04 Å². The number of likely N-dealkylation sites (tertiary alicyclic amines) is 1. The molecular weight excluding hydrogens is 250 g/mol. The van der Waals surface area contributed by atoms with Gasteiger partial charge in [-0.25, -0.2) is 0 Å². The topological polar surface area (TPSA) is 40.5 Å². The number of carbonyl (C=O) groups is 1. The summed E-state index contributed by atoms with van der Waals surface area (Å²) in [6.45, 7) is 10.0. The Morgan fingerprint density at radius 1 is 1.15 bits per heavy atom. The van der Waals surface area contributed by atoms with E-state index in [2.05, 4.69) is 32.6 Å². The number of carboxylic acids is 1. The van der Waals surface area contributed by atoms with E-state index in [1.807, 2.05) is 0 Å². The third kappa shape index (κ3) is 3.36. The summed E-state index contributed by atoms with van der Waals surface area (Å²) in [6.07, 6.45) is 5.84. The molecule has 3 nitrogen and oxygen atoms in total. The lowest BCUT2D eigenvalue weighted by Crippen LogP contribution is -2.46. The summed E-state index contributed by atoms with van der Waals surface area (Å²) >= 11 is 0. The van der Waals surface area contributed by atoms with Crippen LogP contribution in [0.15, 0.2) is 0 Å². The molecule has 0 amide bonds. The summed E-state index contributed by atoms with van der Waals surface area (Å²) in [6, 6.07) is 0.228. The van der Waals surface area contributed by atoms with Gasteiger partial charge in [-0.2, -0.15) is 0 Å². The molecule has 0 radical (unpaired) electrons. The van der Waals surface area contributed by atoms with E-state index in [0.29, 0.717) is 29.7 Å². The molecule has 20 heavy (non-hydrogen) atoms. The second kappa shape index (κ2) is 6.46. The van der Waals surface area contributed by atoms with Crippen LogP contribution in [0.25, 0.3) is 0 Å². The zero-order valence-corrected chi connectivity index (χ0v) is 13.5. The molecule has 1 aliphatic heterocycles. The van der Waals surface area contributed by atoms with E-state index in [9.17, 15) is 9.90 Å². The van der Waals surface area contributed by atoms with Crippen LogP contribution in [0.2, 0.25) is 0 Å². The van der Waals surface area contributed by atoms with Gasteiger partial charge in [0.2, 0.25) is 0 Å². The van der Waals surface area contributed by atoms with E-state index < -0.39 is 5.97 Å². The standard InChI is InChI=1S/C17H31NO2/c1-11(2)8-14(9-12(3)4)18-10-13-6-5-7-15(13)16(18)17(19)20/h11-16H,5-10H2,1-4H3,(H,19,20). The lowest BCUT2D eigenvalue weighted by molar-refractivity contribution is -0.144. The molecule has 3 heteroatoms. The Kier molecular flexibility index (Phi) is 5.11. The van der Waals surface area contributed by atoms with Crippen LogP contribution in [0.4, 0.5) is 0 Å². The molecule has 0 spiro atoms. The zero-order chi connectivity index (χ0) is 14.9. The average molecular weight is 281 g/mol. The molecule has 0 aromatic rings. The number of nitrogens with zero attached hydrogens (tertiary/aromatic N) is 1. The summed E-state index contributed by atoms with van der Waals surface area (Å²) in [7, 11) is 0. The summed E-state index contributed by atoms with van der Waals surface area (Å²) in [5.74, 6) is 1.73. The van der Waals surface area contributed by atoms with Crippen molar-refractivity contribution in [2.75, 3.05) is 6.54 Å². The Morgan fingerprint density at radius 3 is 2.25 bits per heavy atom. The second-order valence-electron chi connectivity index (χ2n) is 7.75. The second-order valence-corrected chi connectivity index (χ2v) is 7.75. The van der Waals surface area contributed by atoms with E-state index in [-0.39, 0.29) is 6.04 Å². The quantitative estimate of drug-likeness (QED) is 0.808. The molecule has 1 saturated carbocycles. The van der Waals surface area contributed by atoms with Crippen LogP contribution in [0.1, 0.15) is 59.8 Å².